The second-order valence-electron chi connectivity index (χ2n) is 6.04. The van der Waals surface area contributed by atoms with Gasteiger partial charge in [0.25, 0.3) is 5.56 Å². The third kappa shape index (κ3) is 4.07. The number of benzene rings is 2. The van der Waals surface area contributed by atoms with E-state index in [1.54, 1.807) is 6.20 Å². The molecule has 0 N–H and O–H groups in total. The first-order valence-electron chi connectivity index (χ1n) is 8.23. The number of aromatic nitrogens is 3. The largest absolute Gasteiger partial charge is 0.268 e. The van der Waals surface area contributed by atoms with Gasteiger partial charge in [0.15, 0.2) is 0 Å². The molecule has 0 radical (unpaired) electrons. The van der Waals surface area contributed by atoms with Crippen molar-refractivity contribution in [2.24, 2.45) is 0 Å². The highest BCUT2D eigenvalue weighted by Crippen LogP contribution is 2.29. The summed E-state index contributed by atoms with van der Waals surface area (Å²) in [6, 6.07) is 13.6. The Kier molecular flexibility index (Phi) is 5.15. The monoisotopic (exact) mass is 459 g/mol. The molecular weight excluding hydrogens is 448 g/mol. The summed E-state index contributed by atoms with van der Waals surface area (Å²) in [7, 11) is 0. The fraction of sp³-hybridized carbons (Fsp3) is 0.0500. The van der Waals surface area contributed by atoms with Crippen molar-refractivity contribution >= 4 is 27.3 Å². The van der Waals surface area contributed by atoms with Crippen molar-refractivity contribution in [3.05, 3.63) is 92.1 Å². The average Bonchev–Trinajstić information content (AvgIpc) is 3.09. The van der Waals surface area contributed by atoms with Crippen molar-refractivity contribution in [1.29, 1.82) is 0 Å². The highest BCUT2D eigenvalue weighted by molar-refractivity contribution is 9.11. The molecule has 0 saturated carbocycles. The Bertz CT molecular complexity index is 1200. The van der Waals surface area contributed by atoms with E-state index in [0.29, 0.717) is 5.69 Å². The molecule has 4 nitrogen and oxygen atoms in total. The minimum absolute atomic E-state index is 0.227. The summed E-state index contributed by atoms with van der Waals surface area (Å²) in [6.45, 7) is 0.227. The first-order chi connectivity index (χ1) is 13.5. The van der Waals surface area contributed by atoms with Gasteiger partial charge in [-0.3, -0.25) is 4.79 Å². The van der Waals surface area contributed by atoms with E-state index in [0.717, 1.165) is 26.0 Å². The lowest BCUT2D eigenvalue weighted by atomic mass is 10.1. The van der Waals surface area contributed by atoms with Gasteiger partial charge in [-0.1, -0.05) is 18.2 Å². The van der Waals surface area contributed by atoms with Gasteiger partial charge in [-0.05, 0) is 45.8 Å². The third-order valence-electron chi connectivity index (χ3n) is 4.01. The van der Waals surface area contributed by atoms with Crippen LogP contribution >= 0.6 is 27.3 Å². The van der Waals surface area contributed by atoms with Crippen molar-refractivity contribution in [1.82, 2.24) is 14.8 Å². The highest BCUT2D eigenvalue weighted by Gasteiger charge is 2.09. The van der Waals surface area contributed by atoms with Gasteiger partial charge < -0.3 is 0 Å². The van der Waals surface area contributed by atoms with Crippen LogP contribution in [0.4, 0.5) is 8.78 Å². The number of hydrogen-bond acceptors (Lipinski definition) is 4. The summed E-state index contributed by atoms with van der Waals surface area (Å²) in [5.41, 5.74) is 2.08. The van der Waals surface area contributed by atoms with Crippen LogP contribution in [-0.2, 0) is 6.54 Å². The van der Waals surface area contributed by atoms with Gasteiger partial charge in [-0.15, -0.1) is 11.3 Å². The molecule has 0 spiro atoms. The average molecular weight is 460 g/mol. The van der Waals surface area contributed by atoms with Crippen LogP contribution in [0, 0.1) is 11.6 Å². The van der Waals surface area contributed by atoms with Crippen LogP contribution in [0.5, 0.6) is 0 Å². The van der Waals surface area contributed by atoms with Crippen LogP contribution in [0.3, 0.4) is 0 Å². The standard InChI is InChI=1S/C20H12BrF2N3OS/c21-18-10-24-20(28-18)13-3-1-2-12(6-13)11-26-19(27)5-4-17(25-26)14-7-15(22)9-16(23)8-14/h1-10H,11H2. The molecule has 0 aliphatic rings. The molecule has 0 atom stereocenters. The van der Waals surface area contributed by atoms with E-state index < -0.39 is 11.6 Å². The molecule has 0 bridgehead atoms. The molecular formula is C20H12BrF2N3OS. The van der Waals surface area contributed by atoms with Crippen LogP contribution < -0.4 is 5.56 Å². The molecule has 0 saturated heterocycles. The van der Waals surface area contributed by atoms with Crippen LogP contribution in [0.2, 0.25) is 0 Å². The Balaban J connectivity index is 1.68. The van der Waals surface area contributed by atoms with Gasteiger partial charge in [0, 0.05) is 23.3 Å². The van der Waals surface area contributed by atoms with Gasteiger partial charge in [-0.25, -0.2) is 18.4 Å². The minimum Gasteiger partial charge on any atom is -0.268 e. The van der Waals surface area contributed by atoms with E-state index in [2.05, 4.69) is 26.0 Å². The van der Waals surface area contributed by atoms with Crippen LogP contribution in [0.15, 0.2) is 69.4 Å². The Morgan fingerprint density at radius 2 is 1.79 bits per heavy atom. The van der Waals surface area contributed by atoms with Gasteiger partial charge in [0.05, 0.1) is 22.2 Å². The molecule has 0 aliphatic heterocycles. The normalized spacial score (nSPS) is 11.0. The van der Waals surface area contributed by atoms with Gasteiger partial charge >= 0.3 is 0 Å². The molecule has 2 aromatic heterocycles. The fourth-order valence-corrected chi connectivity index (χ4v) is 3.98. The van der Waals surface area contributed by atoms with E-state index in [4.69, 9.17) is 0 Å². The van der Waals surface area contributed by atoms with E-state index >= 15 is 0 Å². The van der Waals surface area contributed by atoms with Crippen molar-refractivity contribution in [2.75, 3.05) is 0 Å². The van der Waals surface area contributed by atoms with Crippen molar-refractivity contribution in [3.8, 4) is 21.8 Å². The fourth-order valence-electron chi connectivity index (χ4n) is 2.78. The Morgan fingerprint density at radius 3 is 2.50 bits per heavy atom. The van der Waals surface area contributed by atoms with E-state index in [-0.39, 0.29) is 17.7 Å². The molecule has 0 unspecified atom stereocenters. The predicted molar refractivity (Wildman–Crippen MR) is 108 cm³/mol. The number of hydrogen-bond donors (Lipinski definition) is 0. The van der Waals surface area contributed by atoms with E-state index in [1.165, 1.54) is 40.3 Å². The number of rotatable bonds is 4. The summed E-state index contributed by atoms with van der Waals surface area (Å²) < 4.78 is 29.2. The first-order valence-corrected chi connectivity index (χ1v) is 9.84. The zero-order valence-electron chi connectivity index (χ0n) is 14.3. The molecule has 4 aromatic rings. The van der Waals surface area contributed by atoms with E-state index in [9.17, 15) is 13.6 Å². The molecule has 4 rings (SSSR count). The summed E-state index contributed by atoms with van der Waals surface area (Å²) >= 11 is 4.91. The van der Waals surface area contributed by atoms with Gasteiger partial charge in [0.1, 0.15) is 16.6 Å². The topological polar surface area (TPSA) is 47.8 Å². The van der Waals surface area contributed by atoms with E-state index in [1.807, 2.05) is 24.3 Å². The zero-order valence-corrected chi connectivity index (χ0v) is 16.7. The zero-order chi connectivity index (χ0) is 19.7. The molecule has 28 heavy (non-hydrogen) atoms. The number of thiazole rings is 1. The van der Waals surface area contributed by atoms with Crippen LogP contribution in [-0.4, -0.2) is 14.8 Å². The van der Waals surface area contributed by atoms with Crippen molar-refractivity contribution < 1.29 is 8.78 Å². The number of nitrogens with zero attached hydrogens (tertiary/aromatic N) is 3. The van der Waals surface area contributed by atoms with Crippen LogP contribution in [0.1, 0.15) is 5.56 Å². The maximum atomic E-state index is 13.5. The van der Waals surface area contributed by atoms with Crippen molar-refractivity contribution in [2.45, 2.75) is 6.54 Å². The molecule has 0 aliphatic carbocycles. The summed E-state index contributed by atoms with van der Waals surface area (Å²) in [6.07, 6.45) is 1.74. The molecule has 8 heteroatoms. The quantitative estimate of drug-likeness (QED) is 0.425. The SMILES string of the molecule is O=c1ccc(-c2cc(F)cc(F)c2)nn1Cc1cccc(-c2ncc(Br)s2)c1. The van der Waals surface area contributed by atoms with Crippen LogP contribution in [0.25, 0.3) is 21.8 Å². The van der Waals surface area contributed by atoms with Gasteiger partial charge in [0.2, 0.25) is 0 Å². The molecule has 0 amide bonds. The second-order valence-corrected chi connectivity index (χ2v) is 8.45. The predicted octanol–water partition coefficient (Wildman–Crippen LogP) is 5.12. The molecule has 2 aromatic carbocycles. The lowest BCUT2D eigenvalue weighted by Gasteiger charge is -2.09. The minimum atomic E-state index is -0.697. The molecule has 0 fully saturated rings. The third-order valence-corrected chi connectivity index (χ3v) is 5.53. The number of halogens is 3. The second kappa shape index (κ2) is 7.73. The van der Waals surface area contributed by atoms with Gasteiger partial charge in [-0.2, -0.15) is 5.10 Å². The Hall–Kier alpha value is -2.71. The maximum Gasteiger partial charge on any atom is 0.267 e. The summed E-state index contributed by atoms with van der Waals surface area (Å²) in [5.74, 6) is -1.39. The lowest BCUT2D eigenvalue weighted by Crippen LogP contribution is -2.22. The molecule has 140 valence electrons. The first kappa shape index (κ1) is 18.6. The van der Waals surface area contributed by atoms with Crippen molar-refractivity contribution in [3.63, 3.8) is 0 Å². The smallest absolute Gasteiger partial charge is 0.267 e. The maximum absolute atomic E-state index is 13.5. The lowest BCUT2D eigenvalue weighted by molar-refractivity contribution is 0.583. The summed E-state index contributed by atoms with van der Waals surface area (Å²) in [4.78, 5) is 16.6. The Labute approximate surface area is 171 Å². The Morgan fingerprint density at radius 1 is 1.00 bits per heavy atom. The highest BCUT2D eigenvalue weighted by atomic mass is 79.9. The molecule has 2 heterocycles. The summed E-state index contributed by atoms with van der Waals surface area (Å²) in [5, 5.41) is 5.14.